The van der Waals surface area contributed by atoms with Crippen molar-refractivity contribution in [2.24, 2.45) is 5.92 Å². The summed E-state index contributed by atoms with van der Waals surface area (Å²) in [6, 6.07) is 0. The minimum absolute atomic E-state index is 0.0461. The van der Waals surface area contributed by atoms with Crippen LogP contribution in [0.15, 0.2) is 0 Å². The molecule has 0 amide bonds. The Bertz CT molecular complexity index is 501. The van der Waals surface area contributed by atoms with Gasteiger partial charge >= 0.3 is 7.60 Å². The lowest BCUT2D eigenvalue weighted by molar-refractivity contribution is -0.118. The Kier molecular flexibility index (Phi) is 22.0. The van der Waals surface area contributed by atoms with Gasteiger partial charge in [-0.2, -0.15) is 0 Å². The molecular formula is C26H54NO5P. The van der Waals surface area contributed by atoms with Gasteiger partial charge in [-0.1, -0.05) is 90.4 Å². The fourth-order valence-electron chi connectivity index (χ4n) is 3.83. The number of hydrogen-bond donors (Lipinski definition) is 1. The van der Waals surface area contributed by atoms with E-state index in [2.05, 4.69) is 6.92 Å². The van der Waals surface area contributed by atoms with Crippen LogP contribution in [0, 0.1) is 5.92 Å². The number of ketones is 1. The van der Waals surface area contributed by atoms with Crippen molar-refractivity contribution in [3.8, 4) is 0 Å². The van der Waals surface area contributed by atoms with Gasteiger partial charge in [-0.15, -0.1) is 0 Å². The molecule has 0 aromatic heterocycles. The molecule has 33 heavy (non-hydrogen) atoms. The highest BCUT2D eigenvalue weighted by molar-refractivity contribution is 7.52. The molecule has 2 unspecified atom stereocenters. The molecule has 0 aliphatic carbocycles. The van der Waals surface area contributed by atoms with E-state index in [-0.39, 0.29) is 24.5 Å². The number of nitrogens with zero attached hydrogens (tertiary/aromatic N) is 1. The molecule has 0 fully saturated rings. The van der Waals surface area contributed by atoms with Gasteiger partial charge in [0, 0.05) is 25.5 Å². The van der Waals surface area contributed by atoms with Crippen molar-refractivity contribution < 1.29 is 23.5 Å². The lowest BCUT2D eigenvalue weighted by atomic mass is 10.0. The first-order chi connectivity index (χ1) is 15.8. The maximum absolute atomic E-state index is 12.1. The van der Waals surface area contributed by atoms with Crippen LogP contribution in [0.4, 0.5) is 0 Å². The third-order valence-corrected chi connectivity index (χ3v) is 7.23. The molecular weight excluding hydrogens is 437 g/mol. The highest BCUT2D eigenvalue weighted by atomic mass is 31.2. The second-order valence-electron chi connectivity index (χ2n) is 9.90. The first-order valence-electron chi connectivity index (χ1n) is 13.4. The average Bonchev–Trinajstić information content (AvgIpc) is 2.75. The van der Waals surface area contributed by atoms with Crippen LogP contribution in [-0.2, 0) is 18.6 Å². The molecule has 0 spiro atoms. The maximum atomic E-state index is 12.1. The lowest BCUT2D eigenvalue weighted by Crippen LogP contribution is -2.21. The van der Waals surface area contributed by atoms with E-state index < -0.39 is 7.60 Å². The molecule has 0 heterocycles. The summed E-state index contributed by atoms with van der Waals surface area (Å²) in [6.45, 7) is 5.43. The number of ether oxygens (including phenoxy) is 1. The largest absolute Gasteiger partial charge is 0.381 e. The van der Waals surface area contributed by atoms with E-state index in [0.717, 1.165) is 6.42 Å². The highest BCUT2D eigenvalue weighted by Crippen LogP contribution is 2.42. The van der Waals surface area contributed by atoms with Gasteiger partial charge in [-0.05, 0) is 27.4 Å². The van der Waals surface area contributed by atoms with E-state index in [9.17, 15) is 14.3 Å². The van der Waals surface area contributed by atoms with Crippen molar-refractivity contribution in [3.63, 3.8) is 0 Å². The second-order valence-corrected chi connectivity index (χ2v) is 11.9. The van der Waals surface area contributed by atoms with Crippen molar-refractivity contribution in [1.82, 2.24) is 4.90 Å². The zero-order valence-corrected chi connectivity index (χ0v) is 23.1. The molecule has 7 heteroatoms. The quantitative estimate of drug-likeness (QED) is 0.111. The smallest absolute Gasteiger partial charge is 0.329 e. The van der Waals surface area contributed by atoms with E-state index in [1.807, 2.05) is 19.0 Å². The fourth-order valence-corrected chi connectivity index (χ4v) is 5.06. The number of carbonyl (C=O) groups excluding carboxylic acids is 1. The average molecular weight is 492 g/mol. The molecule has 6 nitrogen and oxygen atoms in total. The zero-order valence-electron chi connectivity index (χ0n) is 22.2. The number of unbranched alkanes of at least 4 members (excludes halogenated alkanes) is 13. The summed E-state index contributed by atoms with van der Waals surface area (Å²) in [5.74, 6) is -0.126. The molecule has 0 saturated carbocycles. The summed E-state index contributed by atoms with van der Waals surface area (Å²) in [6.07, 6.45) is 19.0. The molecule has 2 atom stereocenters. The van der Waals surface area contributed by atoms with Crippen LogP contribution < -0.4 is 0 Å². The summed E-state index contributed by atoms with van der Waals surface area (Å²) in [5, 5.41) is 0. The third-order valence-electron chi connectivity index (χ3n) is 5.91. The molecule has 198 valence electrons. The van der Waals surface area contributed by atoms with Crippen molar-refractivity contribution in [1.29, 1.82) is 0 Å². The van der Waals surface area contributed by atoms with Crippen molar-refractivity contribution in [2.45, 2.75) is 110 Å². The van der Waals surface area contributed by atoms with E-state index in [4.69, 9.17) is 9.26 Å². The SMILES string of the molecule is CCCCCCCCCCCCCCCCOCC(COP(=O)(O)CCN(C)C)CC(C)=O. The summed E-state index contributed by atoms with van der Waals surface area (Å²) in [4.78, 5) is 23.3. The Morgan fingerprint density at radius 1 is 0.848 bits per heavy atom. The molecule has 0 bridgehead atoms. The minimum atomic E-state index is -3.63. The molecule has 0 rings (SSSR count). The molecule has 0 aromatic carbocycles. The number of Topliss-reactive ketones (excluding diaryl/α,β-unsaturated/α-hetero) is 1. The van der Waals surface area contributed by atoms with Crippen molar-refractivity contribution in [2.75, 3.05) is 46.6 Å². The monoisotopic (exact) mass is 491 g/mol. The van der Waals surface area contributed by atoms with Gasteiger partial charge in [0.15, 0.2) is 0 Å². The van der Waals surface area contributed by atoms with Crippen LogP contribution in [0.1, 0.15) is 110 Å². The summed E-state index contributed by atoms with van der Waals surface area (Å²) in [7, 11) is 0.0734. The number of carbonyl (C=O) groups is 1. The van der Waals surface area contributed by atoms with Crippen LogP contribution >= 0.6 is 7.60 Å². The Balaban J connectivity index is 3.69. The Morgan fingerprint density at radius 3 is 1.79 bits per heavy atom. The lowest BCUT2D eigenvalue weighted by Gasteiger charge is -2.19. The molecule has 0 aliphatic heterocycles. The van der Waals surface area contributed by atoms with E-state index in [1.165, 1.54) is 90.4 Å². The van der Waals surface area contributed by atoms with Crippen LogP contribution in [0.5, 0.6) is 0 Å². The first kappa shape index (κ1) is 32.7. The molecule has 0 aliphatic rings. The fraction of sp³-hybridized carbons (Fsp3) is 0.962. The Labute approximate surface area is 204 Å². The standard InChI is InChI=1S/C26H54NO5P/c1-5-6-7-8-9-10-11-12-13-14-15-16-17-18-20-31-23-26(22-25(2)28)24-32-33(29,30)21-19-27(3)4/h26H,5-24H2,1-4H3,(H,29,30). The first-order valence-corrected chi connectivity index (χ1v) is 15.2. The third kappa shape index (κ3) is 24.7. The molecule has 1 N–H and O–H groups in total. The second kappa shape index (κ2) is 22.2. The maximum Gasteiger partial charge on any atom is 0.329 e. The predicted molar refractivity (Wildman–Crippen MR) is 139 cm³/mol. The zero-order chi connectivity index (χ0) is 24.8. The predicted octanol–water partition coefficient (Wildman–Crippen LogP) is 6.84. The topological polar surface area (TPSA) is 76.1 Å². The normalized spacial score (nSPS) is 14.5. The Morgan fingerprint density at radius 2 is 1.33 bits per heavy atom. The number of rotatable bonds is 25. The van der Waals surface area contributed by atoms with Crippen molar-refractivity contribution >= 4 is 13.4 Å². The summed E-state index contributed by atoms with van der Waals surface area (Å²) >= 11 is 0. The van der Waals surface area contributed by atoms with Gasteiger partial charge in [0.1, 0.15) is 5.78 Å². The van der Waals surface area contributed by atoms with E-state index in [1.54, 1.807) is 0 Å². The van der Waals surface area contributed by atoms with Gasteiger partial charge in [0.2, 0.25) is 0 Å². The molecule has 0 saturated heterocycles. The van der Waals surface area contributed by atoms with Crippen LogP contribution in [0.3, 0.4) is 0 Å². The van der Waals surface area contributed by atoms with Gasteiger partial charge in [-0.3, -0.25) is 4.57 Å². The Hall–Kier alpha value is -0.260. The van der Waals surface area contributed by atoms with Gasteiger partial charge in [0.25, 0.3) is 0 Å². The summed E-state index contributed by atoms with van der Waals surface area (Å²) in [5.41, 5.74) is 0. The van der Waals surface area contributed by atoms with E-state index in [0.29, 0.717) is 26.2 Å². The number of hydrogen-bond acceptors (Lipinski definition) is 5. The van der Waals surface area contributed by atoms with E-state index >= 15 is 0 Å². The van der Waals surface area contributed by atoms with Crippen LogP contribution in [0.2, 0.25) is 0 Å². The van der Waals surface area contributed by atoms with Crippen LogP contribution in [-0.4, -0.2) is 62.2 Å². The van der Waals surface area contributed by atoms with Gasteiger partial charge < -0.3 is 23.8 Å². The molecule has 0 radical (unpaired) electrons. The minimum Gasteiger partial charge on any atom is -0.381 e. The van der Waals surface area contributed by atoms with Crippen LogP contribution in [0.25, 0.3) is 0 Å². The van der Waals surface area contributed by atoms with Crippen molar-refractivity contribution in [3.05, 3.63) is 0 Å². The van der Waals surface area contributed by atoms with Gasteiger partial charge in [0.05, 0.1) is 19.4 Å². The molecule has 0 aromatic rings. The highest BCUT2D eigenvalue weighted by Gasteiger charge is 2.22. The van der Waals surface area contributed by atoms with Gasteiger partial charge in [-0.25, -0.2) is 0 Å². The summed E-state index contributed by atoms with van der Waals surface area (Å²) < 4.78 is 23.1.